The first-order valence-corrected chi connectivity index (χ1v) is 10.0. The van der Waals surface area contributed by atoms with Crippen LogP contribution in [0.1, 0.15) is 55.6 Å². The molecule has 1 unspecified atom stereocenters. The molecule has 0 spiro atoms. The number of rotatable bonds is 8. The Bertz CT molecular complexity index is 775. The number of hydrogen-bond acceptors (Lipinski definition) is 7. The van der Waals surface area contributed by atoms with Crippen LogP contribution in [-0.2, 0) is 0 Å². The van der Waals surface area contributed by atoms with Crippen LogP contribution in [0.15, 0.2) is 30.3 Å². The third-order valence-electron chi connectivity index (χ3n) is 5.59. The smallest absolute Gasteiger partial charge is 0.165 e. The van der Waals surface area contributed by atoms with Gasteiger partial charge >= 0.3 is 0 Å². The van der Waals surface area contributed by atoms with Crippen molar-refractivity contribution in [2.75, 3.05) is 30.5 Å². The summed E-state index contributed by atoms with van der Waals surface area (Å²) in [6.07, 6.45) is 7.39. The Balaban J connectivity index is 1.87. The minimum absolute atomic E-state index is 0.0589. The van der Waals surface area contributed by atoms with E-state index in [2.05, 4.69) is 27.9 Å². The number of nitrogens with zero attached hydrogens (tertiary/aromatic N) is 1. The normalized spacial score (nSPS) is 15.9. The minimum Gasteiger partial charge on any atom is -0.497 e. The van der Waals surface area contributed by atoms with Gasteiger partial charge in [0.25, 0.3) is 0 Å². The molecule has 2 aromatic rings. The fraction of sp³-hybridized carbons (Fsp3) is 0.476. The van der Waals surface area contributed by atoms with E-state index < -0.39 is 0 Å². The molecular formula is C21H32N6O. The fourth-order valence-electron chi connectivity index (χ4n) is 4.09. The number of hydrogen-bond donors (Lipinski definition) is 5. The molecule has 1 atom stereocenters. The molecule has 1 saturated carbocycles. The molecule has 1 heterocycles. The highest BCUT2D eigenvalue weighted by Crippen LogP contribution is 2.36. The average Bonchev–Trinajstić information content (AvgIpc) is 2.73. The summed E-state index contributed by atoms with van der Waals surface area (Å²) >= 11 is 0. The number of nitrogens with two attached hydrogens (primary N) is 3. The fourth-order valence-corrected chi connectivity index (χ4v) is 4.09. The van der Waals surface area contributed by atoms with Gasteiger partial charge < -0.3 is 26.9 Å². The van der Waals surface area contributed by atoms with Crippen LogP contribution >= 0.6 is 0 Å². The molecule has 1 fully saturated rings. The number of ether oxygens (including phenoxy) is 1. The van der Waals surface area contributed by atoms with Crippen LogP contribution in [0.3, 0.4) is 0 Å². The van der Waals surface area contributed by atoms with Crippen molar-refractivity contribution in [2.45, 2.75) is 50.5 Å². The van der Waals surface area contributed by atoms with Crippen molar-refractivity contribution in [1.29, 1.82) is 0 Å². The van der Waals surface area contributed by atoms with Gasteiger partial charge in [-0.25, -0.2) is 10.8 Å². The van der Waals surface area contributed by atoms with Crippen molar-refractivity contribution in [2.24, 2.45) is 5.84 Å². The van der Waals surface area contributed by atoms with E-state index in [0.717, 1.165) is 29.8 Å². The Labute approximate surface area is 167 Å². The molecule has 152 valence electrons. The molecule has 3 rings (SSSR count). The van der Waals surface area contributed by atoms with E-state index in [0.29, 0.717) is 23.4 Å². The Morgan fingerprint density at radius 3 is 2.68 bits per heavy atom. The van der Waals surface area contributed by atoms with E-state index in [1.807, 2.05) is 18.2 Å². The highest BCUT2D eigenvalue weighted by Gasteiger charge is 2.21. The molecule has 8 N–H and O–H groups in total. The zero-order valence-electron chi connectivity index (χ0n) is 16.6. The average molecular weight is 385 g/mol. The van der Waals surface area contributed by atoms with Gasteiger partial charge in [0.05, 0.1) is 12.8 Å². The van der Waals surface area contributed by atoms with Crippen LogP contribution in [0.4, 0.5) is 17.3 Å². The van der Waals surface area contributed by atoms with Gasteiger partial charge in [-0.05, 0) is 55.1 Å². The molecule has 0 amide bonds. The second-order valence-electron chi connectivity index (χ2n) is 7.45. The van der Waals surface area contributed by atoms with Crippen LogP contribution in [0.25, 0.3) is 0 Å². The van der Waals surface area contributed by atoms with Crippen LogP contribution in [0, 0.1) is 0 Å². The van der Waals surface area contributed by atoms with Gasteiger partial charge in [-0.1, -0.05) is 31.4 Å². The number of hydrazine groups is 1. The Hall–Kier alpha value is -2.51. The molecular weight excluding hydrogens is 352 g/mol. The number of aromatic nitrogens is 1. The lowest BCUT2D eigenvalue weighted by molar-refractivity contribution is 0.370. The molecule has 1 aliphatic rings. The Morgan fingerprint density at radius 2 is 1.96 bits per heavy atom. The molecule has 7 heteroatoms. The van der Waals surface area contributed by atoms with Crippen LogP contribution in [0.5, 0.6) is 5.75 Å². The van der Waals surface area contributed by atoms with E-state index in [1.54, 1.807) is 7.11 Å². The second kappa shape index (κ2) is 9.61. The topological polar surface area (TPSA) is 124 Å². The van der Waals surface area contributed by atoms with Crippen molar-refractivity contribution < 1.29 is 4.74 Å². The summed E-state index contributed by atoms with van der Waals surface area (Å²) in [7, 11) is 1.67. The number of benzene rings is 1. The number of nitrogen functional groups attached to an aromatic ring is 3. The van der Waals surface area contributed by atoms with Crippen molar-refractivity contribution in [3.8, 4) is 5.75 Å². The number of pyridine rings is 1. The predicted molar refractivity (Wildman–Crippen MR) is 115 cm³/mol. The maximum Gasteiger partial charge on any atom is 0.165 e. The van der Waals surface area contributed by atoms with Gasteiger partial charge in [0.2, 0.25) is 0 Å². The Kier molecular flexibility index (Phi) is 6.95. The number of methoxy groups -OCH3 is 1. The first-order chi connectivity index (χ1) is 13.6. The zero-order valence-corrected chi connectivity index (χ0v) is 16.6. The zero-order chi connectivity index (χ0) is 19.9. The van der Waals surface area contributed by atoms with Crippen LogP contribution < -0.4 is 32.8 Å². The molecule has 7 nitrogen and oxygen atoms in total. The molecule has 1 aliphatic carbocycles. The van der Waals surface area contributed by atoms with E-state index in [9.17, 15) is 0 Å². The maximum atomic E-state index is 6.37. The first-order valence-electron chi connectivity index (χ1n) is 10.0. The quantitative estimate of drug-likeness (QED) is 0.350. The standard InChI is InChI=1S/C21H32N6O/c1-28-16-9-5-6-14(12-16)17(10-11-25-15-7-3-2-4-8-15)18-13-19(22)26-21(27-24)20(18)23/h5-6,9,12-13,15,17,25H,2-4,7-8,10-11,23-24H2,1H3,(H3,22,26,27). The van der Waals surface area contributed by atoms with Gasteiger partial charge in [0, 0.05) is 12.0 Å². The monoisotopic (exact) mass is 384 g/mol. The molecule has 1 aromatic heterocycles. The first kappa shape index (κ1) is 20.2. The lowest BCUT2D eigenvalue weighted by Gasteiger charge is -2.26. The molecule has 1 aromatic carbocycles. The van der Waals surface area contributed by atoms with Gasteiger partial charge in [0.15, 0.2) is 5.82 Å². The second-order valence-corrected chi connectivity index (χ2v) is 7.45. The van der Waals surface area contributed by atoms with E-state index >= 15 is 0 Å². The summed E-state index contributed by atoms with van der Waals surface area (Å²) in [5, 5.41) is 3.72. The van der Waals surface area contributed by atoms with Gasteiger partial charge in [0.1, 0.15) is 11.6 Å². The maximum absolute atomic E-state index is 6.37. The molecule has 28 heavy (non-hydrogen) atoms. The minimum atomic E-state index is 0.0589. The summed E-state index contributed by atoms with van der Waals surface area (Å²) in [5.74, 6) is 7.27. The van der Waals surface area contributed by atoms with Crippen molar-refractivity contribution >= 4 is 17.3 Å². The summed E-state index contributed by atoms with van der Waals surface area (Å²) in [6.45, 7) is 0.902. The highest BCUT2D eigenvalue weighted by molar-refractivity contribution is 5.70. The molecule has 0 aliphatic heterocycles. The lowest BCUT2D eigenvalue weighted by atomic mass is 9.87. The van der Waals surface area contributed by atoms with Gasteiger partial charge in [-0.3, -0.25) is 0 Å². The summed E-state index contributed by atoms with van der Waals surface area (Å²) < 4.78 is 5.42. The Morgan fingerprint density at radius 1 is 1.18 bits per heavy atom. The SMILES string of the molecule is COc1cccc(C(CCNC2CCCCC2)c2cc(N)nc(NN)c2N)c1. The van der Waals surface area contributed by atoms with E-state index in [-0.39, 0.29) is 5.92 Å². The van der Waals surface area contributed by atoms with Crippen LogP contribution in [0.2, 0.25) is 0 Å². The number of anilines is 3. The highest BCUT2D eigenvalue weighted by atomic mass is 16.5. The third kappa shape index (κ3) is 4.85. The predicted octanol–water partition coefficient (Wildman–Crippen LogP) is 2.98. The van der Waals surface area contributed by atoms with Crippen LogP contribution in [-0.4, -0.2) is 24.7 Å². The summed E-state index contributed by atoms with van der Waals surface area (Å²) in [4.78, 5) is 4.19. The van der Waals surface area contributed by atoms with Crippen molar-refractivity contribution in [3.05, 3.63) is 41.5 Å². The van der Waals surface area contributed by atoms with E-state index in [1.165, 1.54) is 32.1 Å². The van der Waals surface area contributed by atoms with Gasteiger partial charge in [-0.15, -0.1) is 0 Å². The molecule has 0 bridgehead atoms. The largest absolute Gasteiger partial charge is 0.497 e. The van der Waals surface area contributed by atoms with Crippen molar-refractivity contribution in [1.82, 2.24) is 10.3 Å². The van der Waals surface area contributed by atoms with Gasteiger partial charge in [-0.2, -0.15) is 0 Å². The number of nitrogens with one attached hydrogen (secondary N) is 2. The van der Waals surface area contributed by atoms with E-state index in [4.69, 9.17) is 22.0 Å². The summed E-state index contributed by atoms with van der Waals surface area (Å²) in [6, 6.07) is 10.6. The lowest BCUT2D eigenvalue weighted by Crippen LogP contribution is -2.32. The van der Waals surface area contributed by atoms with Crippen molar-refractivity contribution in [3.63, 3.8) is 0 Å². The summed E-state index contributed by atoms with van der Waals surface area (Å²) in [5.41, 5.74) is 17.5. The third-order valence-corrected chi connectivity index (χ3v) is 5.59. The molecule has 0 saturated heterocycles. The molecule has 0 radical (unpaired) electrons.